The summed E-state index contributed by atoms with van der Waals surface area (Å²) in [6, 6.07) is 2.73. The monoisotopic (exact) mass is 639 g/mol. The number of fused-ring (bicyclic) bond motifs is 1. The van der Waals surface area contributed by atoms with Gasteiger partial charge in [0, 0.05) is 34.4 Å². The van der Waals surface area contributed by atoms with E-state index in [1.54, 1.807) is 24.0 Å². The highest BCUT2D eigenvalue weighted by molar-refractivity contribution is 8.00. The van der Waals surface area contributed by atoms with Gasteiger partial charge in [-0.1, -0.05) is 5.16 Å². The van der Waals surface area contributed by atoms with E-state index in [1.807, 2.05) is 16.7 Å². The van der Waals surface area contributed by atoms with Crippen LogP contribution in [0, 0.1) is 0 Å². The lowest BCUT2D eigenvalue weighted by molar-refractivity contribution is -0.689. The predicted molar refractivity (Wildman–Crippen MR) is 144 cm³/mol. The first-order valence-electron chi connectivity index (χ1n) is 11.5. The van der Waals surface area contributed by atoms with E-state index in [2.05, 4.69) is 20.4 Å². The first kappa shape index (κ1) is 30.6. The number of thiazole rings is 1. The van der Waals surface area contributed by atoms with E-state index in [4.69, 9.17) is 32.5 Å². The molecule has 0 radical (unpaired) electrons. The molecule has 5 heterocycles. The Morgan fingerprint density at radius 2 is 2.07 bits per heavy atom. The Hall–Kier alpha value is -4.37. The number of thioether (sulfide) groups is 1. The largest absolute Gasteiger partial charge is 0.726 e. The lowest BCUT2D eigenvalue weighted by Gasteiger charge is -2.49. The molecule has 0 aromatic carbocycles. The van der Waals surface area contributed by atoms with Crippen LogP contribution in [0.2, 0.25) is 0 Å². The number of aliphatic carboxylic acids is 1. The third-order valence-corrected chi connectivity index (χ3v) is 7.69. The second-order valence-electron chi connectivity index (χ2n) is 8.36. The topological polar surface area (TPSA) is 255 Å². The maximum atomic E-state index is 13.0. The normalized spacial score (nSPS) is 18.4. The lowest BCUT2D eigenvalue weighted by atomic mass is 10.0. The number of hydrogen-bond donors (Lipinski definition) is 4. The highest BCUT2D eigenvalue weighted by Gasteiger charge is 2.54. The van der Waals surface area contributed by atoms with Gasteiger partial charge in [-0.25, -0.2) is 27.7 Å². The smallest absolute Gasteiger partial charge is 0.352 e. The molecule has 17 nitrogen and oxygen atoms in total. The molecule has 5 rings (SSSR count). The number of β-lactam (4-membered cyclic amide) rings is 1. The summed E-state index contributed by atoms with van der Waals surface area (Å²) in [6.07, 6.45) is 6.54. The lowest BCUT2D eigenvalue weighted by Crippen LogP contribution is -2.71. The van der Waals surface area contributed by atoms with Gasteiger partial charge in [-0.3, -0.25) is 19.0 Å². The SMILES string of the molecule is CON=C(C(=O)N[C@@H]1C(=O)N2C(C(=O)O)=C(C[n+]3ccc(-c4cnco4)cc3)CS[C@H]12)c1csc(N)n1.O=S(=O)([O-])O. The van der Waals surface area contributed by atoms with Crippen molar-refractivity contribution in [3.8, 4) is 11.3 Å². The van der Waals surface area contributed by atoms with Gasteiger partial charge in [0.25, 0.3) is 11.8 Å². The number of rotatable bonds is 8. The fourth-order valence-electron chi connectivity index (χ4n) is 4.01. The molecule has 0 spiro atoms. The van der Waals surface area contributed by atoms with Crippen molar-refractivity contribution in [1.29, 1.82) is 0 Å². The first-order chi connectivity index (χ1) is 19.9. The van der Waals surface area contributed by atoms with E-state index in [9.17, 15) is 19.5 Å². The number of amides is 2. The number of nitrogens with one attached hydrogen (secondary N) is 1. The van der Waals surface area contributed by atoms with Crippen molar-refractivity contribution in [2.45, 2.75) is 18.0 Å². The number of carboxylic acid groups (broad SMARTS) is 1. The van der Waals surface area contributed by atoms with Crippen molar-refractivity contribution in [3.05, 3.63) is 59.5 Å². The molecule has 2 aliphatic heterocycles. The van der Waals surface area contributed by atoms with Crippen molar-refractivity contribution in [3.63, 3.8) is 0 Å². The number of anilines is 1. The Bertz CT molecular complexity index is 1650. The molecule has 2 amide bonds. The van der Waals surface area contributed by atoms with Crippen LogP contribution in [-0.2, 0) is 36.2 Å². The quantitative estimate of drug-likeness (QED) is 0.0603. The van der Waals surface area contributed by atoms with Gasteiger partial charge in [0.2, 0.25) is 10.4 Å². The average molecular weight is 640 g/mol. The second kappa shape index (κ2) is 12.7. The van der Waals surface area contributed by atoms with Crippen LogP contribution in [0.5, 0.6) is 0 Å². The van der Waals surface area contributed by atoms with Crippen LogP contribution in [0.15, 0.2) is 63.3 Å². The third-order valence-electron chi connectivity index (χ3n) is 5.68. The predicted octanol–water partition coefficient (Wildman–Crippen LogP) is -0.538. The first-order valence-corrected chi connectivity index (χ1v) is 14.8. The molecule has 3 aromatic heterocycles. The van der Waals surface area contributed by atoms with Gasteiger partial charge in [-0.15, -0.1) is 23.1 Å². The standard InChI is InChI=1S/C22H19N7O6S2.H2O4S/c1-34-27-15(13-9-37-22(23)25-13)18(30)26-16-19(31)29-17(21(32)33)12(8-36-20(16)29)7-28-4-2-11(3-5-28)14-6-24-10-35-14;1-5(2,3)4/h2-6,9-10,16,20H,7-8H2,1H3,(H3-,23,25,26,30,32,33);(H2,1,2,3,4)/t16-,20-;/m1./s1. The Labute approximate surface area is 245 Å². The molecule has 0 bridgehead atoms. The van der Waals surface area contributed by atoms with Crippen molar-refractivity contribution in [1.82, 2.24) is 20.2 Å². The van der Waals surface area contributed by atoms with Crippen LogP contribution in [0.1, 0.15) is 5.69 Å². The zero-order chi connectivity index (χ0) is 30.6. The van der Waals surface area contributed by atoms with Gasteiger partial charge in [-0.05, 0) is 0 Å². The Balaban J connectivity index is 0.000000748. The van der Waals surface area contributed by atoms with Crippen molar-refractivity contribution < 1.29 is 50.8 Å². The molecule has 1 saturated heterocycles. The van der Waals surface area contributed by atoms with Crippen molar-refractivity contribution in [2.75, 3.05) is 18.6 Å². The number of nitrogen functional groups attached to an aromatic ring is 1. The summed E-state index contributed by atoms with van der Waals surface area (Å²) < 4.78 is 39.9. The minimum absolute atomic E-state index is 0.0795. The molecule has 2 atom stereocenters. The maximum absolute atomic E-state index is 13.0. The molecule has 1 fully saturated rings. The van der Waals surface area contributed by atoms with Gasteiger partial charge in [-0.2, -0.15) is 0 Å². The van der Waals surface area contributed by atoms with E-state index in [1.165, 1.54) is 30.2 Å². The number of carbonyl (C=O) groups excluding carboxylic acids is 2. The number of carbonyl (C=O) groups is 3. The fourth-order valence-corrected chi connectivity index (χ4v) is 5.90. The number of oxime groups is 1. The van der Waals surface area contributed by atoms with Crippen LogP contribution >= 0.6 is 23.1 Å². The molecule has 0 unspecified atom stereocenters. The van der Waals surface area contributed by atoms with Crippen LogP contribution < -0.4 is 15.6 Å². The number of oxazole rings is 1. The Morgan fingerprint density at radius 3 is 2.62 bits per heavy atom. The summed E-state index contributed by atoms with van der Waals surface area (Å²) in [5.74, 6) is -1.44. The molecule has 5 N–H and O–H groups in total. The number of aromatic nitrogens is 3. The second-order valence-corrected chi connectivity index (χ2v) is 11.2. The van der Waals surface area contributed by atoms with Gasteiger partial charge in [0.05, 0.1) is 6.20 Å². The van der Waals surface area contributed by atoms with E-state index < -0.39 is 39.6 Å². The third kappa shape index (κ3) is 7.09. The van der Waals surface area contributed by atoms with Crippen molar-refractivity contribution >= 4 is 62.1 Å². The number of nitrogens with two attached hydrogens (primary N) is 1. The molecule has 2 aliphatic rings. The number of carboxylic acids is 1. The van der Waals surface area contributed by atoms with Crippen LogP contribution in [-0.4, -0.2) is 85.3 Å². The summed E-state index contributed by atoms with van der Waals surface area (Å²) in [7, 11) is -3.64. The fraction of sp³-hybridized carbons (Fsp3) is 0.227. The van der Waals surface area contributed by atoms with E-state index in [0.717, 1.165) is 16.9 Å². The van der Waals surface area contributed by atoms with Gasteiger partial charge in [0.15, 0.2) is 41.9 Å². The van der Waals surface area contributed by atoms with Crippen LogP contribution in [0.3, 0.4) is 0 Å². The molecule has 0 saturated carbocycles. The van der Waals surface area contributed by atoms with E-state index in [-0.39, 0.29) is 28.8 Å². The number of pyridine rings is 1. The zero-order valence-corrected chi connectivity index (χ0v) is 23.8. The molecule has 0 aliphatic carbocycles. The van der Waals surface area contributed by atoms with Gasteiger partial charge in [0.1, 0.15) is 29.9 Å². The van der Waals surface area contributed by atoms with E-state index in [0.29, 0.717) is 17.1 Å². The summed E-state index contributed by atoms with van der Waals surface area (Å²) in [5, 5.41) is 17.5. The minimum Gasteiger partial charge on any atom is -0.726 e. The van der Waals surface area contributed by atoms with Crippen LogP contribution in [0.4, 0.5) is 5.13 Å². The minimum atomic E-state index is -4.92. The summed E-state index contributed by atoms with van der Waals surface area (Å²) in [4.78, 5) is 52.0. The van der Waals surface area contributed by atoms with Gasteiger partial charge < -0.3 is 30.0 Å². The molecule has 20 heteroatoms. The Kier molecular flexibility index (Phi) is 9.21. The molecule has 3 aromatic rings. The maximum Gasteiger partial charge on any atom is 0.352 e. The van der Waals surface area contributed by atoms with Crippen LogP contribution in [0.25, 0.3) is 11.3 Å². The van der Waals surface area contributed by atoms with Gasteiger partial charge >= 0.3 is 5.97 Å². The number of nitrogens with zero attached hydrogens (tertiary/aromatic N) is 5. The highest BCUT2D eigenvalue weighted by Crippen LogP contribution is 2.40. The van der Waals surface area contributed by atoms with E-state index >= 15 is 0 Å². The summed E-state index contributed by atoms with van der Waals surface area (Å²) in [5.41, 5.74) is 7.04. The zero-order valence-electron chi connectivity index (χ0n) is 21.3. The summed E-state index contributed by atoms with van der Waals surface area (Å²) >= 11 is 2.50. The summed E-state index contributed by atoms with van der Waals surface area (Å²) in [6.45, 7) is 0.273. The van der Waals surface area contributed by atoms with Crippen molar-refractivity contribution in [2.24, 2.45) is 5.16 Å². The highest BCUT2D eigenvalue weighted by atomic mass is 32.3. The molecule has 42 heavy (non-hydrogen) atoms. The average Bonchev–Trinajstić information content (AvgIpc) is 3.61. The number of hydrogen-bond acceptors (Lipinski definition) is 14. The Morgan fingerprint density at radius 1 is 1.38 bits per heavy atom. The molecular weight excluding hydrogens is 618 g/mol. The molecular formula is C22H21N7O10S3. The molecule has 222 valence electrons.